The smallest absolute Gasteiger partial charge is 0.238 e. The second-order valence-corrected chi connectivity index (χ2v) is 8.56. The quantitative estimate of drug-likeness (QED) is 0.705. The van der Waals surface area contributed by atoms with Gasteiger partial charge in [-0.1, -0.05) is 49.4 Å². The molecule has 28 heavy (non-hydrogen) atoms. The lowest BCUT2D eigenvalue weighted by atomic mass is 10.0. The number of carbonyl (C=O) groups excluding carboxylic acids is 1. The van der Waals surface area contributed by atoms with E-state index in [-0.39, 0.29) is 5.91 Å². The number of benzene rings is 2. The number of thiazole rings is 1. The molecule has 0 spiro atoms. The van der Waals surface area contributed by atoms with Gasteiger partial charge in [0.2, 0.25) is 5.91 Å². The van der Waals surface area contributed by atoms with Crippen LogP contribution in [-0.4, -0.2) is 48.5 Å². The van der Waals surface area contributed by atoms with Gasteiger partial charge in [0.1, 0.15) is 0 Å². The highest BCUT2D eigenvalue weighted by Gasteiger charge is 2.21. The minimum absolute atomic E-state index is 0.0470. The Bertz CT molecular complexity index is 910. The van der Waals surface area contributed by atoms with E-state index in [0.717, 1.165) is 42.5 Å². The number of para-hydroxylation sites is 1. The Morgan fingerprint density at radius 2 is 1.79 bits per heavy atom. The van der Waals surface area contributed by atoms with Crippen LogP contribution in [0.4, 0.5) is 10.8 Å². The molecule has 146 valence electrons. The van der Waals surface area contributed by atoms with Crippen molar-refractivity contribution in [2.75, 3.05) is 42.9 Å². The molecule has 1 amide bonds. The maximum absolute atomic E-state index is 12.4. The van der Waals surface area contributed by atoms with Gasteiger partial charge in [-0.25, -0.2) is 4.98 Å². The highest BCUT2D eigenvalue weighted by Crippen LogP contribution is 2.29. The Labute approximate surface area is 170 Å². The summed E-state index contributed by atoms with van der Waals surface area (Å²) < 4.78 is 1.22. The number of hydrogen-bond acceptors (Lipinski definition) is 5. The molecule has 1 fully saturated rings. The van der Waals surface area contributed by atoms with Gasteiger partial charge in [-0.15, -0.1) is 0 Å². The number of fused-ring (bicyclic) bond motifs is 1. The van der Waals surface area contributed by atoms with E-state index in [1.165, 1.54) is 10.3 Å². The van der Waals surface area contributed by atoms with Gasteiger partial charge in [-0.3, -0.25) is 9.69 Å². The van der Waals surface area contributed by atoms with Gasteiger partial charge in [0, 0.05) is 31.9 Å². The van der Waals surface area contributed by atoms with Crippen molar-refractivity contribution >= 4 is 38.3 Å². The van der Waals surface area contributed by atoms with Crippen LogP contribution in [0.25, 0.3) is 10.2 Å². The van der Waals surface area contributed by atoms with E-state index in [1.807, 2.05) is 18.2 Å². The van der Waals surface area contributed by atoms with Gasteiger partial charge in [-0.2, -0.15) is 0 Å². The van der Waals surface area contributed by atoms with Crippen LogP contribution in [0.1, 0.15) is 25.3 Å². The number of carbonyl (C=O) groups is 1. The average Bonchev–Trinajstić information content (AvgIpc) is 3.13. The summed E-state index contributed by atoms with van der Waals surface area (Å²) in [5.74, 6) is 0.544. The maximum Gasteiger partial charge on any atom is 0.238 e. The van der Waals surface area contributed by atoms with Gasteiger partial charge in [0.15, 0.2) is 5.13 Å². The molecule has 0 atom stereocenters. The fourth-order valence-electron chi connectivity index (χ4n) is 3.45. The van der Waals surface area contributed by atoms with Crippen molar-refractivity contribution in [2.24, 2.45) is 0 Å². The molecule has 0 saturated carbocycles. The van der Waals surface area contributed by atoms with Crippen LogP contribution >= 0.6 is 11.3 Å². The van der Waals surface area contributed by atoms with Crippen molar-refractivity contribution in [3.63, 3.8) is 0 Å². The van der Waals surface area contributed by atoms with Crippen molar-refractivity contribution in [1.29, 1.82) is 0 Å². The van der Waals surface area contributed by atoms with E-state index in [9.17, 15) is 4.79 Å². The molecule has 1 aromatic heterocycles. The number of hydrogen-bond donors (Lipinski definition) is 1. The van der Waals surface area contributed by atoms with E-state index >= 15 is 0 Å². The summed E-state index contributed by atoms with van der Waals surface area (Å²) in [6, 6.07) is 16.4. The molecule has 1 saturated heterocycles. The second-order valence-electron chi connectivity index (χ2n) is 7.55. The first-order chi connectivity index (χ1) is 13.6. The van der Waals surface area contributed by atoms with Crippen molar-refractivity contribution in [1.82, 2.24) is 9.88 Å². The van der Waals surface area contributed by atoms with Gasteiger partial charge >= 0.3 is 0 Å². The van der Waals surface area contributed by atoms with E-state index in [2.05, 4.69) is 59.3 Å². The molecule has 5 nitrogen and oxygen atoms in total. The zero-order valence-corrected chi connectivity index (χ0v) is 17.2. The number of anilines is 2. The molecule has 6 heteroatoms. The Morgan fingerprint density at radius 3 is 2.46 bits per heavy atom. The number of amides is 1. The summed E-state index contributed by atoms with van der Waals surface area (Å²) in [5.41, 5.74) is 3.21. The molecule has 0 aliphatic carbocycles. The minimum atomic E-state index is 0.0470. The number of aromatic nitrogens is 1. The maximum atomic E-state index is 12.4. The lowest BCUT2D eigenvalue weighted by Gasteiger charge is -2.34. The van der Waals surface area contributed by atoms with E-state index in [4.69, 9.17) is 4.98 Å². The van der Waals surface area contributed by atoms with Crippen LogP contribution in [0, 0.1) is 0 Å². The van der Waals surface area contributed by atoms with Crippen molar-refractivity contribution in [3.05, 3.63) is 54.1 Å². The predicted molar refractivity (Wildman–Crippen MR) is 117 cm³/mol. The SMILES string of the molecule is CC(C)c1ccc(NC(=O)CN2CCN(c3nc4ccccc4s3)CC2)cc1. The summed E-state index contributed by atoms with van der Waals surface area (Å²) in [6.45, 7) is 8.31. The van der Waals surface area contributed by atoms with Crippen LogP contribution in [0.15, 0.2) is 48.5 Å². The highest BCUT2D eigenvalue weighted by molar-refractivity contribution is 7.22. The first-order valence-corrected chi connectivity index (χ1v) is 10.6. The third kappa shape index (κ3) is 4.34. The summed E-state index contributed by atoms with van der Waals surface area (Å²) in [5, 5.41) is 4.09. The summed E-state index contributed by atoms with van der Waals surface area (Å²) in [4.78, 5) is 21.7. The van der Waals surface area contributed by atoms with Crippen LogP contribution in [0.3, 0.4) is 0 Å². The van der Waals surface area contributed by atoms with Gasteiger partial charge < -0.3 is 10.2 Å². The molecule has 0 bridgehead atoms. The van der Waals surface area contributed by atoms with Crippen LogP contribution in [0.5, 0.6) is 0 Å². The Balaban J connectivity index is 1.28. The Hall–Kier alpha value is -2.44. The molecule has 1 N–H and O–H groups in total. The third-order valence-electron chi connectivity index (χ3n) is 5.15. The van der Waals surface area contributed by atoms with Crippen LogP contribution in [-0.2, 0) is 4.79 Å². The zero-order valence-electron chi connectivity index (χ0n) is 16.4. The third-order valence-corrected chi connectivity index (χ3v) is 6.25. The standard InChI is InChI=1S/C22H26N4OS/c1-16(2)17-7-9-18(10-8-17)23-21(27)15-25-11-13-26(14-12-25)22-24-19-5-3-4-6-20(19)28-22/h3-10,16H,11-15H2,1-2H3,(H,23,27). The second kappa shape index (κ2) is 8.29. The number of piperazine rings is 1. The first-order valence-electron chi connectivity index (χ1n) is 9.81. The van der Waals surface area contributed by atoms with E-state index in [1.54, 1.807) is 11.3 Å². The summed E-state index contributed by atoms with van der Waals surface area (Å²) >= 11 is 1.74. The molecular formula is C22H26N4OS. The molecule has 0 unspecified atom stereocenters. The van der Waals surface area contributed by atoms with Gasteiger partial charge in [0.05, 0.1) is 16.8 Å². The normalized spacial score (nSPS) is 15.3. The highest BCUT2D eigenvalue weighted by atomic mass is 32.1. The van der Waals surface area contributed by atoms with Crippen LogP contribution < -0.4 is 10.2 Å². The molecule has 3 aromatic rings. The number of nitrogens with zero attached hydrogens (tertiary/aromatic N) is 3. The zero-order chi connectivity index (χ0) is 19.5. The predicted octanol–water partition coefficient (Wildman–Crippen LogP) is 4.18. The fourth-order valence-corrected chi connectivity index (χ4v) is 4.46. The minimum Gasteiger partial charge on any atom is -0.345 e. The Morgan fingerprint density at radius 1 is 1.07 bits per heavy atom. The first kappa shape index (κ1) is 18.9. The monoisotopic (exact) mass is 394 g/mol. The molecular weight excluding hydrogens is 368 g/mol. The lowest BCUT2D eigenvalue weighted by molar-refractivity contribution is -0.117. The van der Waals surface area contributed by atoms with Crippen molar-refractivity contribution in [2.45, 2.75) is 19.8 Å². The largest absolute Gasteiger partial charge is 0.345 e. The number of rotatable bonds is 5. The van der Waals surface area contributed by atoms with Crippen LogP contribution in [0.2, 0.25) is 0 Å². The van der Waals surface area contributed by atoms with Gasteiger partial charge in [-0.05, 0) is 35.7 Å². The molecule has 0 radical (unpaired) electrons. The fraction of sp³-hybridized carbons (Fsp3) is 0.364. The Kier molecular flexibility index (Phi) is 5.59. The molecule has 1 aliphatic rings. The van der Waals surface area contributed by atoms with E-state index < -0.39 is 0 Å². The molecule has 2 aromatic carbocycles. The van der Waals surface area contributed by atoms with Gasteiger partial charge in [0.25, 0.3) is 0 Å². The average molecular weight is 395 g/mol. The molecule has 1 aliphatic heterocycles. The van der Waals surface area contributed by atoms with Crippen molar-refractivity contribution in [3.8, 4) is 0 Å². The molecule has 2 heterocycles. The summed E-state index contributed by atoms with van der Waals surface area (Å²) in [7, 11) is 0. The topological polar surface area (TPSA) is 48.5 Å². The summed E-state index contributed by atoms with van der Waals surface area (Å²) in [6.07, 6.45) is 0. The van der Waals surface area contributed by atoms with Crippen molar-refractivity contribution < 1.29 is 4.79 Å². The number of nitrogens with one attached hydrogen (secondary N) is 1. The van der Waals surface area contributed by atoms with E-state index in [0.29, 0.717) is 12.5 Å². The lowest BCUT2D eigenvalue weighted by Crippen LogP contribution is -2.48. The molecule has 4 rings (SSSR count).